The Hall–Kier alpha value is -1.60. The zero-order chi connectivity index (χ0) is 13.9. The molecule has 0 bridgehead atoms. The van der Waals surface area contributed by atoms with Crippen molar-refractivity contribution in [1.29, 1.82) is 5.41 Å². The van der Waals surface area contributed by atoms with Crippen LogP contribution in [0.2, 0.25) is 0 Å². The van der Waals surface area contributed by atoms with Gasteiger partial charge in [0.25, 0.3) is 0 Å². The number of nitrogens with one attached hydrogen (secondary N) is 2. The number of nitrogens with zero attached hydrogens (tertiary/aromatic N) is 1. The average molecular weight is 282 g/mol. The minimum Gasteiger partial charge on any atom is -0.384 e. The number of piperidine rings is 1. The predicted octanol–water partition coefficient (Wildman–Crippen LogP) is 1.11. The van der Waals surface area contributed by atoms with Crippen molar-refractivity contribution in [3.63, 3.8) is 0 Å². The van der Waals surface area contributed by atoms with Gasteiger partial charge < -0.3 is 5.73 Å². The topological polar surface area (TPSA) is 99.3 Å². The SMILES string of the molecule is N=C(N)c1ccccc1NS(=O)(=O)N1CCCCC1. The maximum absolute atomic E-state index is 12.2. The van der Waals surface area contributed by atoms with E-state index < -0.39 is 10.2 Å². The van der Waals surface area contributed by atoms with E-state index >= 15 is 0 Å². The number of nitrogen functional groups attached to an aromatic ring is 1. The summed E-state index contributed by atoms with van der Waals surface area (Å²) < 4.78 is 28.4. The lowest BCUT2D eigenvalue weighted by atomic mass is 10.2. The molecule has 0 aliphatic carbocycles. The van der Waals surface area contributed by atoms with Crippen molar-refractivity contribution in [2.45, 2.75) is 19.3 Å². The van der Waals surface area contributed by atoms with E-state index in [4.69, 9.17) is 11.1 Å². The molecule has 1 aliphatic heterocycles. The van der Waals surface area contributed by atoms with E-state index in [1.807, 2.05) is 0 Å². The lowest BCUT2D eigenvalue weighted by Crippen LogP contribution is -2.39. The normalized spacial score (nSPS) is 17.1. The maximum Gasteiger partial charge on any atom is 0.301 e. The molecule has 1 saturated heterocycles. The van der Waals surface area contributed by atoms with E-state index in [1.165, 1.54) is 4.31 Å². The van der Waals surface area contributed by atoms with Crippen molar-refractivity contribution in [3.8, 4) is 0 Å². The molecule has 1 aliphatic rings. The third kappa shape index (κ3) is 3.24. The molecule has 1 aromatic rings. The summed E-state index contributed by atoms with van der Waals surface area (Å²) in [7, 11) is -3.56. The van der Waals surface area contributed by atoms with Gasteiger partial charge in [0.05, 0.1) is 5.69 Å². The first-order chi connectivity index (χ1) is 9.00. The van der Waals surface area contributed by atoms with Crippen LogP contribution >= 0.6 is 0 Å². The third-order valence-electron chi connectivity index (χ3n) is 3.11. The number of nitrogens with two attached hydrogens (primary N) is 1. The molecule has 104 valence electrons. The van der Waals surface area contributed by atoms with Crippen LogP contribution in [0.15, 0.2) is 24.3 Å². The van der Waals surface area contributed by atoms with Gasteiger partial charge in [0.1, 0.15) is 5.84 Å². The molecule has 0 radical (unpaired) electrons. The van der Waals surface area contributed by atoms with Crippen LogP contribution in [0.4, 0.5) is 5.69 Å². The quantitative estimate of drug-likeness (QED) is 0.570. The Morgan fingerprint density at radius 2 is 1.84 bits per heavy atom. The van der Waals surface area contributed by atoms with Gasteiger partial charge in [-0.1, -0.05) is 18.6 Å². The monoisotopic (exact) mass is 282 g/mol. The summed E-state index contributed by atoms with van der Waals surface area (Å²) >= 11 is 0. The third-order valence-corrected chi connectivity index (χ3v) is 4.63. The van der Waals surface area contributed by atoms with E-state index in [2.05, 4.69) is 4.72 Å². The number of hydrogen-bond acceptors (Lipinski definition) is 3. The molecule has 2 rings (SSSR count). The number of amidine groups is 1. The van der Waals surface area contributed by atoms with E-state index in [0.29, 0.717) is 24.3 Å². The molecule has 1 aromatic carbocycles. The van der Waals surface area contributed by atoms with Crippen LogP contribution in [0.5, 0.6) is 0 Å². The Morgan fingerprint density at radius 1 is 1.21 bits per heavy atom. The van der Waals surface area contributed by atoms with Crippen molar-refractivity contribution >= 4 is 21.7 Å². The van der Waals surface area contributed by atoms with Crippen molar-refractivity contribution in [3.05, 3.63) is 29.8 Å². The van der Waals surface area contributed by atoms with Crippen molar-refractivity contribution in [1.82, 2.24) is 4.31 Å². The zero-order valence-electron chi connectivity index (χ0n) is 10.6. The largest absolute Gasteiger partial charge is 0.384 e. The van der Waals surface area contributed by atoms with Crippen LogP contribution in [0.1, 0.15) is 24.8 Å². The van der Waals surface area contributed by atoms with Gasteiger partial charge in [-0.2, -0.15) is 12.7 Å². The second kappa shape index (κ2) is 5.58. The van der Waals surface area contributed by atoms with Crippen LogP contribution in [-0.2, 0) is 10.2 Å². The van der Waals surface area contributed by atoms with Crippen LogP contribution < -0.4 is 10.5 Å². The molecule has 1 fully saturated rings. The number of hydrogen-bond donors (Lipinski definition) is 3. The van der Waals surface area contributed by atoms with Crippen molar-refractivity contribution in [2.75, 3.05) is 17.8 Å². The summed E-state index contributed by atoms with van der Waals surface area (Å²) in [6.07, 6.45) is 2.83. The highest BCUT2D eigenvalue weighted by atomic mass is 32.2. The van der Waals surface area contributed by atoms with Crippen molar-refractivity contribution < 1.29 is 8.42 Å². The van der Waals surface area contributed by atoms with Crippen LogP contribution in [0.25, 0.3) is 0 Å². The highest BCUT2D eigenvalue weighted by molar-refractivity contribution is 7.90. The highest BCUT2D eigenvalue weighted by Gasteiger charge is 2.24. The van der Waals surface area contributed by atoms with Gasteiger partial charge in [0.2, 0.25) is 0 Å². The molecule has 6 nitrogen and oxygen atoms in total. The standard InChI is InChI=1S/C12H18N4O2S/c13-12(14)10-6-2-3-7-11(10)15-19(17,18)16-8-4-1-5-9-16/h2-3,6-7,15H,1,4-5,8-9H2,(H3,13,14). The molecular weight excluding hydrogens is 264 g/mol. The van der Waals surface area contributed by atoms with E-state index in [-0.39, 0.29) is 5.84 Å². The molecule has 0 aromatic heterocycles. The maximum atomic E-state index is 12.2. The molecule has 0 amide bonds. The molecule has 7 heteroatoms. The van der Waals surface area contributed by atoms with Gasteiger partial charge >= 0.3 is 10.2 Å². The molecule has 1 heterocycles. The Labute approximate surface area is 113 Å². The van der Waals surface area contributed by atoms with Gasteiger partial charge in [-0.05, 0) is 25.0 Å². The Balaban J connectivity index is 2.22. The first-order valence-corrected chi connectivity index (χ1v) is 7.66. The summed E-state index contributed by atoms with van der Waals surface area (Å²) in [6, 6.07) is 6.66. The minimum absolute atomic E-state index is 0.156. The fourth-order valence-corrected chi connectivity index (χ4v) is 3.44. The molecule has 19 heavy (non-hydrogen) atoms. The molecule has 0 unspecified atom stereocenters. The number of benzene rings is 1. The second-order valence-electron chi connectivity index (χ2n) is 4.53. The Morgan fingerprint density at radius 3 is 2.47 bits per heavy atom. The molecule has 4 N–H and O–H groups in total. The number of rotatable bonds is 4. The lowest BCUT2D eigenvalue weighted by molar-refractivity contribution is 0.349. The fourth-order valence-electron chi connectivity index (χ4n) is 2.12. The fraction of sp³-hybridized carbons (Fsp3) is 0.417. The molecular formula is C12H18N4O2S. The molecule has 0 saturated carbocycles. The van der Waals surface area contributed by atoms with Gasteiger partial charge in [0.15, 0.2) is 0 Å². The summed E-state index contributed by atoms with van der Waals surface area (Å²) in [4.78, 5) is 0. The molecule has 0 spiro atoms. The number of anilines is 1. The molecule has 0 atom stereocenters. The van der Waals surface area contributed by atoms with Crippen LogP contribution in [0.3, 0.4) is 0 Å². The predicted molar refractivity (Wildman–Crippen MR) is 75.4 cm³/mol. The number of para-hydroxylation sites is 1. The van der Waals surface area contributed by atoms with Crippen molar-refractivity contribution in [2.24, 2.45) is 5.73 Å². The van der Waals surface area contributed by atoms with Gasteiger partial charge in [-0.25, -0.2) is 0 Å². The summed E-state index contributed by atoms with van der Waals surface area (Å²) in [5.74, 6) is -0.156. The Kier molecular flexibility index (Phi) is 4.06. The highest BCUT2D eigenvalue weighted by Crippen LogP contribution is 2.19. The van der Waals surface area contributed by atoms with E-state index in [0.717, 1.165) is 19.3 Å². The van der Waals surface area contributed by atoms with Crippen LogP contribution in [0, 0.1) is 5.41 Å². The zero-order valence-corrected chi connectivity index (χ0v) is 11.4. The average Bonchev–Trinajstić information content (AvgIpc) is 2.39. The van der Waals surface area contributed by atoms with Crippen LogP contribution in [-0.4, -0.2) is 31.6 Å². The van der Waals surface area contributed by atoms with E-state index in [9.17, 15) is 8.42 Å². The summed E-state index contributed by atoms with van der Waals surface area (Å²) in [5, 5.41) is 7.46. The summed E-state index contributed by atoms with van der Waals surface area (Å²) in [6.45, 7) is 1.08. The van der Waals surface area contributed by atoms with Gasteiger partial charge in [-0.15, -0.1) is 0 Å². The smallest absolute Gasteiger partial charge is 0.301 e. The van der Waals surface area contributed by atoms with Gasteiger partial charge in [0, 0.05) is 18.7 Å². The van der Waals surface area contributed by atoms with Gasteiger partial charge in [-0.3, -0.25) is 10.1 Å². The van der Waals surface area contributed by atoms with E-state index in [1.54, 1.807) is 24.3 Å². The lowest BCUT2D eigenvalue weighted by Gasteiger charge is -2.26. The Bertz CT molecular complexity index is 565. The summed E-state index contributed by atoms with van der Waals surface area (Å²) in [5.41, 5.74) is 6.19. The second-order valence-corrected chi connectivity index (χ2v) is 6.20. The minimum atomic E-state index is -3.56. The first kappa shape index (κ1) is 13.8. The first-order valence-electron chi connectivity index (χ1n) is 6.22.